The predicted octanol–water partition coefficient (Wildman–Crippen LogP) is 3.09. The number of aromatic amines is 1. The lowest BCUT2D eigenvalue weighted by molar-refractivity contribution is 0.480. The SMILES string of the molecule is Fc1cccc2[nH]c(C3Cc4ccccc4CN3)nc12. The van der Waals surface area contributed by atoms with Crippen LogP contribution in [0.15, 0.2) is 42.5 Å². The summed E-state index contributed by atoms with van der Waals surface area (Å²) in [5, 5.41) is 3.46. The van der Waals surface area contributed by atoms with Gasteiger partial charge >= 0.3 is 0 Å². The summed E-state index contributed by atoms with van der Waals surface area (Å²) in [5.74, 6) is 0.529. The first kappa shape index (κ1) is 11.6. The third-order valence-corrected chi connectivity index (χ3v) is 3.89. The molecule has 0 saturated heterocycles. The van der Waals surface area contributed by atoms with Gasteiger partial charge in [0.05, 0.1) is 11.6 Å². The molecule has 2 heterocycles. The summed E-state index contributed by atoms with van der Waals surface area (Å²) in [6.45, 7) is 0.820. The van der Waals surface area contributed by atoms with Gasteiger partial charge in [-0.25, -0.2) is 9.37 Å². The van der Waals surface area contributed by atoms with Crippen molar-refractivity contribution in [2.45, 2.75) is 19.0 Å². The molecule has 0 fully saturated rings. The molecule has 100 valence electrons. The van der Waals surface area contributed by atoms with E-state index in [0.717, 1.165) is 24.3 Å². The topological polar surface area (TPSA) is 40.7 Å². The maximum Gasteiger partial charge on any atom is 0.151 e. The first-order valence-electron chi connectivity index (χ1n) is 6.75. The fraction of sp³-hybridized carbons (Fsp3) is 0.188. The van der Waals surface area contributed by atoms with Crippen molar-refractivity contribution < 1.29 is 4.39 Å². The summed E-state index contributed by atoms with van der Waals surface area (Å²) in [6, 6.07) is 13.5. The average Bonchev–Trinajstić information content (AvgIpc) is 2.92. The van der Waals surface area contributed by atoms with Gasteiger partial charge in [0.25, 0.3) is 0 Å². The number of nitrogens with one attached hydrogen (secondary N) is 2. The molecule has 4 rings (SSSR count). The summed E-state index contributed by atoms with van der Waals surface area (Å²) < 4.78 is 13.7. The number of aromatic nitrogens is 2. The van der Waals surface area contributed by atoms with Gasteiger partial charge in [0.1, 0.15) is 11.3 Å². The molecule has 1 unspecified atom stereocenters. The molecule has 3 nitrogen and oxygen atoms in total. The number of fused-ring (bicyclic) bond motifs is 2. The number of nitrogens with zero attached hydrogens (tertiary/aromatic N) is 1. The van der Waals surface area contributed by atoms with Crippen LogP contribution in [-0.4, -0.2) is 9.97 Å². The molecule has 1 aliphatic rings. The Bertz CT molecular complexity index is 778. The minimum atomic E-state index is -0.277. The zero-order chi connectivity index (χ0) is 13.5. The lowest BCUT2D eigenvalue weighted by Crippen LogP contribution is -2.29. The smallest absolute Gasteiger partial charge is 0.151 e. The molecular weight excluding hydrogens is 253 g/mol. The molecule has 2 aromatic carbocycles. The second-order valence-corrected chi connectivity index (χ2v) is 5.16. The van der Waals surface area contributed by atoms with Gasteiger partial charge in [-0.1, -0.05) is 30.3 Å². The van der Waals surface area contributed by atoms with Crippen LogP contribution >= 0.6 is 0 Å². The monoisotopic (exact) mass is 267 g/mol. The van der Waals surface area contributed by atoms with Gasteiger partial charge in [-0.05, 0) is 29.7 Å². The molecule has 2 N–H and O–H groups in total. The Labute approximate surface area is 115 Å². The molecule has 0 spiro atoms. The number of imidazole rings is 1. The van der Waals surface area contributed by atoms with E-state index in [9.17, 15) is 4.39 Å². The average molecular weight is 267 g/mol. The maximum atomic E-state index is 13.7. The molecule has 20 heavy (non-hydrogen) atoms. The number of para-hydroxylation sites is 1. The summed E-state index contributed by atoms with van der Waals surface area (Å²) in [4.78, 5) is 7.64. The number of H-pyrrole nitrogens is 1. The third kappa shape index (κ3) is 1.80. The minimum Gasteiger partial charge on any atom is -0.341 e. The van der Waals surface area contributed by atoms with E-state index in [1.165, 1.54) is 17.2 Å². The van der Waals surface area contributed by atoms with Crippen LogP contribution in [0, 0.1) is 5.82 Å². The van der Waals surface area contributed by atoms with E-state index in [1.54, 1.807) is 6.07 Å². The molecule has 0 radical (unpaired) electrons. The number of hydrogen-bond acceptors (Lipinski definition) is 2. The van der Waals surface area contributed by atoms with Crippen LogP contribution in [0.3, 0.4) is 0 Å². The van der Waals surface area contributed by atoms with Crippen LogP contribution in [0.4, 0.5) is 4.39 Å². The van der Waals surface area contributed by atoms with Gasteiger partial charge < -0.3 is 10.3 Å². The second-order valence-electron chi connectivity index (χ2n) is 5.16. The fourth-order valence-electron chi connectivity index (χ4n) is 2.83. The largest absolute Gasteiger partial charge is 0.341 e. The Balaban J connectivity index is 1.72. The fourth-order valence-corrected chi connectivity index (χ4v) is 2.83. The number of rotatable bonds is 1. The molecule has 0 aliphatic carbocycles. The van der Waals surface area contributed by atoms with E-state index in [0.29, 0.717) is 5.52 Å². The Morgan fingerprint density at radius 1 is 1.05 bits per heavy atom. The highest BCUT2D eigenvalue weighted by atomic mass is 19.1. The normalized spacial score (nSPS) is 18.1. The van der Waals surface area contributed by atoms with Crippen LogP contribution in [0.5, 0.6) is 0 Å². The van der Waals surface area contributed by atoms with Gasteiger partial charge in [-0.15, -0.1) is 0 Å². The molecule has 0 amide bonds. The zero-order valence-corrected chi connectivity index (χ0v) is 10.9. The zero-order valence-electron chi connectivity index (χ0n) is 10.9. The van der Waals surface area contributed by atoms with Crippen molar-refractivity contribution in [3.8, 4) is 0 Å². The maximum absolute atomic E-state index is 13.7. The number of halogens is 1. The predicted molar refractivity (Wildman–Crippen MR) is 75.8 cm³/mol. The molecule has 0 bridgehead atoms. The van der Waals surface area contributed by atoms with E-state index in [1.807, 2.05) is 6.07 Å². The molecule has 1 atom stereocenters. The van der Waals surface area contributed by atoms with Crippen molar-refractivity contribution in [3.63, 3.8) is 0 Å². The quantitative estimate of drug-likeness (QED) is 0.711. The Kier molecular flexibility index (Phi) is 2.57. The van der Waals surface area contributed by atoms with Gasteiger partial charge in [0.2, 0.25) is 0 Å². The molecular formula is C16H14FN3. The first-order chi connectivity index (χ1) is 9.81. The molecule has 4 heteroatoms. The van der Waals surface area contributed by atoms with Crippen molar-refractivity contribution in [2.24, 2.45) is 0 Å². The summed E-state index contributed by atoms with van der Waals surface area (Å²) in [5.41, 5.74) is 3.83. The number of hydrogen-bond donors (Lipinski definition) is 2. The van der Waals surface area contributed by atoms with Crippen LogP contribution in [0.2, 0.25) is 0 Å². The Morgan fingerprint density at radius 3 is 2.75 bits per heavy atom. The van der Waals surface area contributed by atoms with E-state index in [4.69, 9.17) is 0 Å². The van der Waals surface area contributed by atoms with E-state index < -0.39 is 0 Å². The van der Waals surface area contributed by atoms with Crippen molar-refractivity contribution in [1.82, 2.24) is 15.3 Å². The van der Waals surface area contributed by atoms with Gasteiger partial charge in [0.15, 0.2) is 5.82 Å². The minimum absolute atomic E-state index is 0.108. The van der Waals surface area contributed by atoms with Crippen molar-refractivity contribution in [3.05, 3.63) is 65.2 Å². The van der Waals surface area contributed by atoms with Gasteiger partial charge in [-0.2, -0.15) is 0 Å². The number of benzene rings is 2. The van der Waals surface area contributed by atoms with Crippen LogP contribution < -0.4 is 5.32 Å². The first-order valence-corrected chi connectivity index (χ1v) is 6.75. The lowest BCUT2D eigenvalue weighted by atomic mass is 9.96. The highest BCUT2D eigenvalue weighted by molar-refractivity contribution is 5.75. The second kappa shape index (κ2) is 4.42. The van der Waals surface area contributed by atoms with E-state index in [2.05, 4.69) is 39.6 Å². The standard InChI is InChI=1S/C16H14FN3/c17-12-6-3-7-13-15(12)20-16(19-13)14-8-10-4-1-2-5-11(10)9-18-14/h1-7,14,18H,8-9H2,(H,19,20). The highest BCUT2D eigenvalue weighted by Gasteiger charge is 2.22. The van der Waals surface area contributed by atoms with Crippen molar-refractivity contribution in [1.29, 1.82) is 0 Å². The summed E-state index contributed by atoms with van der Waals surface area (Å²) in [7, 11) is 0. The lowest BCUT2D eigenvalue weighted by Gasteiger charge is -2.24. The van der Waals surface area contributed by atoms with Crippen molar-refractivity contribution in [2.75, 3.05) is 0 Å². The van der Waals surface area contributed by atoms with Crippen LogP contribution in [0.1, 0.15) is 23.0 Å². The summed E-state index contributed by atoms with van der Waals surface area (Å²) >= 11 is 0. The van der Waals surface area contributed by atoms with Gasteiger partial charge in [0, 0.05) is 6.54 Å². The van der Waals surface area contributed by atoms with E-state index >= 15 is 0 Å². The summed E-state index contributed by atoms with van der Waals surface area (Å²) in [6.07, 6.45) is 0.873. The molecule has 1 aromatic heterocycles. The van der Waals surface area contributed by atoms with Crippen LogP contribution in [0.25, 0.3) is 11.0 Å². The van der Waals surface area contributed by atoms with Crippen LogP contribution in [-0.2, 0) is 13.0 Å². The Morgan fingerprint density at radius 2 is 1.90 bits per heavy atom. The highest BCUT2D eigenvalue weighted by Crippen LogP contribution is 2.26. The Hall–Kier alpha value is -2.20. The molecule has 3 aromatic rings. The molecule has 0 saturated carbocycles. The van der Waals surface area contributed by atoms with Gasteiger partial charge in [-0.3, -0.25) is 0 Å². The van der Waals surface area contributed by atoms with E-state index in [-0.39, 0.29) is 11.9 Å². The molecule has 1 aliphatic heterocycles. The van der Waals surface area contributed by atoms with Crippen molar-refractivity contribution >= 4 is 11.0 Å². The third-order valence-electron chi connectivity index (χ3n) is 3.89.